The number of nitrogens with zero attached hydrogens (tertiary/aromatic N) is 1. The fraction of sp³-hybridized carbons (Fsp3) is 0.143. The fourth-order valence-electron chi connectivity index (χ4n) is 1.68. The molecule has 104 valence electrons. The van der Waals surface area contributed by atoms with E-state index in [2.05, 4.69) is 31.5 Å². The summed E-state index contributed by atoms with van der Waals surface area (Å²) >= 11 is 3.16. The highest BCUT2D eigenvalue weighted by Gasteiger charge is 2.11. The van der Waals surface area contributed by atoms with Crippen LogP contribution in [0.3, 0.4) is 0 Å². The van der Waals surface area contributed by atoms with Crippen LogP contribution < -0.4 is 10.6 Å². The van der Waals surface area contributed by atoms with Crippen LogP contribution >= 0.6 is 15.9 Å². The number of carbonyl (C=O) groups excluding carboxylic acids is 1. The van der Waals surface area contributed by atoms with Gasteiger partial charge in [0.25, 0.3) is 0 Å². The number of hydrogen-bond donors (Lipinski definition) is 2. The van der Waals surface area contributed by atoms with E-state index < -0.39 is 11.8 Å². The molecule has 0 aliphatic rings. The van der Waals surface area contributed by atoms with Gasteiger partial charge in [-0.15, -0.1) is 0 Å². The number of rotatable bonds is 3. The lowest BCUT2D eigenvalue weighted by Gasteiger charge is -2.15. The molecule has 2 N–H and O–H groups in total. The second kappa shape index (κ2) is 6.47. The Morgan fingerprint density at radius 3 is 2.65 bits per heavy atom. The van der Waals surface area contributed by atoms with Crippen LogP contribution in [-0.4, -0.2) is 11.0 Å². The molecule has 0 saturated heterocycles. The van der Waals surface area contributed by atoms with Gasteiger partial charge in [-0.3, -0.25) is 4.98 Å². The predicted octanol–water partition coefficient (Wildman–Crippen LogP) is 3.87. The van der Waals surface area contributed by atoms with Gasteiger partial charge in [-0.2, -0.15) is 0 Å². The summed E-state index contributed by atoms with van der Waals surface area (Å²) in [6.45, 7) is 1.84. The lowest BCUT2D eigenvalue weighted by Crippen LogP contribution is -2.31. The molecule has 1 aromatic heterocycles. The molecule has 2 aromatic rings. The maximum Gasteiger partial charge on any atom is 0.319 e. The first-order valence-corrected chi connectivity index (χ1v) is 6.78. The fourth-order valence-corrected chi connectivity index (χ4v) is 2.01. The number of carbonyl (C=O) groups is 1. The molecule has 6 heteroatoms. The Morgan fingerprint density at radius 2 is 2.00 bits per heavy atom. The SMILES string of the molecule is C[C@@H](NC(=O)Nc1ccc(Br)cc1F)c1ccncc1. The maximum atomic E-state index is 13.6. The molecule has 2 amide bonds. The Kier molecular flexibility index (Phi) is 4.68. The van der Waals surface area contributed by atoms with Crippen molar-refractivity contribution in [1.29, 1.82) is 0 Å². The van der Waals surface area contributed by atoms with Crippen molar-refractivity contribution in [2.24, 2.45) is 0 Å². The first kappa shape index (κ1) is 14.5. The van der Waals surface area contributed by atoms with Crippen molar-refractivity contribution in [3.05, 3.63) is 58.6 Å². The quantitative estimate of drug-likeness (QED) is 0.893. The molecule has 2 rings (SSSR count). The zero-order valence-electron chi connectivity index (χ0n) is 10.7. The summed E-state index contributed by atoms with van der Waals surface area (Å²) in [5.41, 5.74) is 1.05. The first-order valence-electron chi connectivity index (χ1n) is 5.99. The van der Waals surface area contributed by atoms with Crippen molar-refractivity contribution in [2.45, 2.75) is 13.0 Å². The van der Waals surface area contributed by atoms with Gasteiger partial charge >= 0.3 is 6.03 Å². The number of pyridine rings is 1. The number of amides is 2. The summed E-state index contributed by atoms with van der Waals surface area (Å²) in [4.78, 5) is 15.7. The van der Waals surface area contributed by atoms with Crippen molar-refractivity contribution in [1.82, 2.24) is 10.3 Å². The van der Waals surface area contributed by atoms with Gasteiger partial charge in [0, 0.05) is 16.9 Å². The Hall–Kier alpha value is -1.95. The molecular formula is C14H13BrFN3O. The van der Waals surface area contributed by atoms with Crippen LogP contribution in [-0.2, 0) is 0 Å². The van der Waals surface area contributed by atoms with Gasteiger partial charge in [-0.05, 0) is 42.8 Å². The Bertz CT molecular complexity index is 607. The van der Waals surface area contributed by atoms with E-state index in [9.17, 15) is 9.18 Å². The smallest absolute Gasteiger partial charge is 0.319 e. The number of hydrogen-bond acceptors (Lipinski definition) is 2. The molecule has 0 aliphatic heterocycles. The molecule has 0 saturated carbocycles. The predicted molar refractivity (Wildman–Crippen MR) is 78.9 cm³/mol. The van der Waals surface area contributed by atoms with Gasteiger partial charge < -0.3 is 10.6 Å². The number of urea groups is 1. The average Bonchev–Trinajstić information content (AvgIpc) is 2.43. The number of anilines is 1. The number of benzene rings is 1. The number of aromatic nitrogens is 1. The van der Waals surface area contributed by atoms with E-state index in [0.717, 1.165) is 5.56 Å². The summed E-state index contributed by atoms with van der Waals surface area (Å²) in [5.74, 6) is -0.494. The van der Waals surface area contributed by atoms with E-state index in [1.54, 1.807) is 18.5 Å². The van der Waals surface area contributed by atoms with Gasteiger partial charge in [0.2, 0.25) is 0 Å². The van der Waals surface area contributed by atoms with Gasteiger partial charge in [-0.25, -0.2) is 9.18 Å². The van der Waals surface area contributed by atoms with E-state index in [4.69, 9.17) is 0 Å². The van der Waals surface area contributed by atoms with Crippen molar-refractivity contribution in [2.75, 3.05) is 5.32 Å². The Labute approximate surface area is 124 Å². The summed E-state index contributed by atoms with van der Waals surface area (Å²) in [6.07, 6.45) is 3.31. The van der Waals surface area contributed by atoms with Gasteiger partial charge in [0.05, 0.1) is 11.7 Å². The van der Waals surface area contributed by atoms with Crippen LogP contribution in [0.2, 0.25) is 0 Å². The highest BCUT2D eigenvalue weighted by molar-refractivity contribution is 9.10. The van der Waals surface area contributed by atoms with Crippen LogP contribution in [0.1, 0.15) is 18.5 Å². The molecule has 0 bridgehead atoms. The largest absolute Gasteiger partial charge is 0.331 e. The van der Waals surface area contributed by atoms with Crippen LogP contribution in [0.15, 0.2) is 47.2 Å². The molecule has 0 radical (unpaired) electrons. The van der Waals surface area contributed by atoms with E-state index in [1.807, 2.05) is 19.1 Å². The zero-order chi connectivity index (χ0) is 14.5. The van der Waals surface area contributed by atoms with Crippen molar-refractivity contribution in [3.63, 3.8) is 0 Å². The van der Waals surface area contributed by atoms with E-state index in [1.165, 1.54) is 12.1 Å². The van der Waals surface area contributed by atoms with Gasteiger partial charge in [-0.1, -0.05) is 15.9 Å². The zero-order valence-corrected chi connectivity index (χ0v) is 12.3. The molecule has 1 aromatic carbocycles. The third-order valence-corrected chi connectivity index (χ3v) is 3.23. The summed E-state index contributed by atoms with van der Waals surface area (Å²) in [5, 5.41) is 5.21. The summed E-state index contributed by atoms with van der Waals surface area (Å²) < 4.78 is 14.2. The molecule has 20 heavy (non-hydrogen) atoms. The summed E-state index contributed by atoms with van der Waals surface area (Å²) in [7, 11) is 0. The molecule has 4 nitrogen and oxygen atoms in total. The van der Waals surface area contributed by atoms with Crippen LogP contribution in [0.5, 0.6) is 0 Å². The lowest BCUT2D eigenvalue weighted by molar-refractivity contribution is 0.249. The van der Waals surface area contributed by atoms with Crippen LogP contribution in [0, 0.1) is 5.82 Å². The second-order valence-electron chi connectivity index (χ2n) is 4.22. The van der Waals surface area contributed by atoms with E-state index in [-0.39, 0.29) is 11.7 Å². The van der Waals surface area contributed by atoms with Crippen molar-refractivity contribution < 1.29 is 9.18 Å². The molecule has 0 spiro atoms. The highest BCUT2D eigenvalue weighted by atomic mass is 79.9. The average molecular weight is 338 g/mol. The van der Waals surface area contributed by atoms with Crippen molar-refractivity contribution >= 4 is 27.6 Å². The summed E-state index contributed by atoms with van der Waals surface area (Å²) in [6, 6.07) is 7.41. The molecular weight excluding hydrogens is 325 g/mol. The van der Waals surface area contributed by atoms with Crippen LogP contribution in [0.25, 0.3) is 0 Å². The minimum Gasteiger partial charge on any atom is -0.331 e. The van der Waals surface area contributed by atoms with Crippen LogP contribution in [0.4, 0.5) is 14.9 Å². The van der Waals surface area contributed by atoms with E-state index >= 15 is 0 Å². The minimum atomic E-state index is -0.494. The minimum absolute atomic E-state index is 0.132. The highest BCUT2D eigenvalue weighted by Crippen LogP contribution is 2.19. The van der Waals surface area contributed by atoms with E-state index in [0.29, 0.717) is 4.47 Å². The molecule has 1 atom stereocenters. The normalized spacial score (nSPS) is 11.8. The molecule has 0 fully saturated rings. The Morgan fingerprint density at radius 1 is 1.30 bits per heavy atom. The molecule has 0 aliphatic carbocycles. The maximum absolute atomic E-state index is 13.6. The lowest BCUT2D eigenvalue weighted by atomic mass is 10.1. The topological polar surface area (TPSA) is 54.0 Å². The monoisotopic (exact) mass is 337 g/mol. The molecule has 1 heterocycles. The molecule has 0 unspecified atom stereocenters. The first-order chi connectivity index (χ1) is 9.56. The second-order valence-corrected chi connectivity index (χ2v) is 5.14. The third-order valence-electron chi connectivity index (χ3n) is 2.73. The third kappa shape index (κ3) is 3.77. The van der Waals surface area contributed by atoms with Crippen molar-refractivity contribution in [3.8, 4) is 0 Å². The standard InChI is InChI=1S/C14H13BrFN3O/c1-9(10-4-6-17-7-5-10)18-14(20)19-13-3-2-11(15)8-12(13)16/h2-9H,1H3,(H2,18,19,20)/t9-/m1/s1. The number of nitrogens with one attached hydrogen (secondary N) is 2. The van der Waals surface area contributed by atoms with Gasteiger partial charge in [0.1, 0.15) is 5.82 Å². The Balaban J connectivity index is 1.99. The number of halogens is 2. The van der Waals surface area contributed by atoms with Gasteiger partial charge in [0.15, 0.2) is 0 Å².